The minimum absolute atomic E-state index is 0.0334. The third-order valence-electron chi connectivity index (χ3n) is 8.87. The average molecular weight is 658 g/mol. The van der Waals surface area contributed by atoms with Crippen LogP contribution >= 0.6 is 0 Å². The van der Waals surface area contributed by atoms with E-state index in [1.165, 1.54) is 26.6 Å². The van der Waals surface area contributed by atoms with Crippen molar-refractivity contribution in [1.82, 2.24) is 15.2 Å². The number of nitrogens with zero attached hydrogens (tertiary/aromatic N) is 3. The number of hydrogen-bond donors (Lipinski definition) is 1. The van der Waals surface area contributed by atoms with Crippen molar-refractivity contribution in [3.8, 4) is 17.0 Å². The van der Waals surface area contributed by atoms with Gasteiger partial charge < -0.3 is 15.0 Å². The van der Waals surface area contributed by atoms with E-state index >= 15 is 0 Å². The predicted octanol–water partition coefficient (Wildman–Crippen LogP) is 7.80. The van der Waals surface area contributed by atoms with Gasteiger partial charge in [0.2, 0.25) is 0 Å². The van der Waals surface area contributed by atoms with Crippen LogP contribution < -0.4 is 15.0 Å². The Morgan fingerprint density at radius 2 is 1.40 bits per heavy atom. The van der Waals surface area contributed by atoms with E-state index in [0.717, 1.165) is 67.6 Å². The number of benzene rings is 4. The van der Waals surface area contributed by atoms with E-state index in [1.807, 2.05) is 42.5 Å². The number of aryl methyl sites for hydroxylation is 2. The zero-order chi connectivity index (χ0) is 33.3. The highest BCUT2D eigenvalue weighted by atomic mass is 32.2. The van der Waals surface area contributed by atoms with Crippen molar-refractivity contribution in [2.45, 2.75) is 41.5 Å². The van der Waals surface area contributed by atoms with Crippen LogP contribution in [0.25, 0.3) is 11.3 Å². The summed E-state index contributed by atoms with van der Waals surface area (Å²) >= 11 is 0. The van der Waals surface area contributed by atoms with Crippen molar-refractivity contribution < 1.29 is 9.53 Å². The van der Waals surface area contributed by atoms with E-state index in [9.17, 15) is 4.79 Å². The van der Waals surface area contributed by atoms with Gasteiger partial charge in [-0.3, -0.25) is 9.69 Å². The van der Waals surface area contributed by atoms with Crippen LogP contribution in [-0.2, 0) is 10.9 Å². The second-order valence-electron chi connectivity index (χ2n) is 12.3. The van der Waals surface area contributed by atoms with Gasteiger partial charge in [0, 0.05) is 49.9 Å². The van der Waals surface area contributed by atoms with E-state index < -0.39 is 0 Å². The smallest absolute Gasteiger partial charge is 0.258 e. The molecular weight excluding hydrogens is 613 g/mol. The maximum atomic E-state index is 12.9. The number of amides is 1. The quantitative estimate of drug-likeness (QED) is 0.110. The number of hydrogen-bond acceptors (Lipinski definition) is 5. The summed E-state index contributed by atoms with van der Waals surface area (Å²) in [5.74, 6) is 0.900. The standard InChI is InChI=1S/C41H44N4O2S/c1-31-13-21-35(22-14-31)48(36-23-15-32(2)16-24-36)40-12-8-9-37(43-40)33-17-19-34(20-18-33)41(46)42-25-6-7-26-44-27-29-45(30-28-44)38-10-4-5-11-39(38)47-3/h4-5,8-24H,6-7,25-30H2,1-3H3/p+1. The van der Waals surface area contributed by atoms with Crippen molar-refractivity contribution in [1.29, 1.82) is 0 Å². The van der Waals surface area contributed by atoms with E-state index in [0.29, 0.717) is 12.1 Å². The summed E-state index contributed by atoms with van der Waals surface area (Å²) in [5.41, 5.74) is 6.22. The lowest BCUT2D eigenvalue weighted by Gasteiger charge is -2.36. The molecule has 0 atom stereocenters. The highest BCUT2D eigenvalue weighted by Crippen LogP contribution is 2.32. The predicted molar refractivity (Wildman–Crippen MR) is 197 cm³/mol. The Bertz CT molecular complexity index is 1740. The average Bonchev–Trinajstić information content (AvgIpc) is 3.13. The van der Waals surface area contributed by atoms with Crippen LogP contribution in [0, 0.1) is 13.8 Å². The van der Waals surface area contributed by atoms with Gasteiger partial charge >= 0.3 is 0 Å². The Balaban J connectivity index is 1.01. The summed E-state index contributed by atoms with van der Waals surface area (Å²) < 4.78 is 5.55. The highest BCUT2D eigenvalue weighted by Gasteiger charge is 2.30. The van der Waals surface area contributed by atoms with Gasteiger partial charge in [0.1, 0.15) is 16.6 Å². The van der Waals surface area contributed by atoms with Crippen LogP contribution in [-0.4, -0.2) is 62.2 Å². The first-order valence-corrected chi connectivity index (χ1v) is 18.0. The van der Waals surface area contributed by atoms with Gasteiger partial charge in [-0.2, -0.15) is 0 Å². The van der Waals surface area contributed by atoms with Crippen LogP contribution in [0.15, 0.2) is 130 Å². The fourth-order valence-corrected chi connectivity index (χ4v) is 8.05. The summed E-state index contributed by atoms with van der Waals surface area (Å²) in [6.45, 7) is 10.0. The van der Waals surface area contributed by atoms with Gasteiger partial charge in [-0.05, 0) is 87.8 Å². The molecule has 1 saturated heterocycles. The first-order chi connectivity index (χ1) is 23.5. The molecule has 1 aliphatic rings. The van der Waals surface area contributed by atoms with Gasteiger partial charge in [-0.15, -0.1) is 0 Å². The SMILES string of the molecule is COc1ccccc1N1CCN(CCCCNC(=O)c2ccc(-c3cccc([S+](c4ccc(C)cc4)c4ccc(C)cc4)n3)cc2)CC1. The van der Waals surface area contributed by atoms with E-state index in [4.69, 9.17) is 9.72 Å². The minimum atomic E-state index is -0.331. The third kappa shape index (κ3) is 8.27. The third-order valence-corrected chi connectivity index (χ3v) is 11.0. The number of methoxy groups -OCH3 is 1. The number of anilines is 1. The molecule has 2 heterocycles. The van der Waals surface area contributed by atoms with E-state index in [1.54, 1.807) is 7.11 Å². The molecule has 1 N–H and O–H groups in total. The molecule has 6 nitrogen and oxygen atoms in total. The van der Waals surface area contributed by atoms with Gasteiger partial charge in [-0.1, -0.05) is 65.7 Å². The fraction of sp³-hybridized carbons (Fsp3) is 0.268. The lowest BCUT2D eigenvalue weighted by Crippen LogP contribution is -2.46. The van der Waals surface area contributed by atoms with Crippen LogP contribution in [0.3, 0.4) is 0 Å². The largest absolute Gasteiger partial charge is 0.495 e. The number of unbranched alkanes of at least 4 members (excludes halogenated alkanes) is 1. The minimum Gasteiger partial charge on any atom is -0.495 e. The molecule has 0 saturated carbocycles. The van der Waals surface area contributed by atoms with Crippen LogP contribution in [0.4, 0.5) is 5.69 Å². The number of piperazine rings is 1. The van der Waals surface area contributed by atoms with Crippen molar-refractivity contribution >= 4 is 22.5 Å². The molecular formula is C41H45N4O2S+. The van der Waals surface area contributed by atoms with Crippen LogP contribution in [0.1, 0.15) is 34.3 Å². The van der Waals surface area contributed by atoms with E-state index in [-0.39, 0.29) is 16.8 Å². The molecule has 48 heavy (non-hydrogen) atoms. The van der Waals surface area contributed by atoms with Gasteiger partial charge in [-0.25, -0.2) is 4.98 Å². The highest BCUT2D eigenvalue weighted by molar-refractivity contribution is 7.97. The molecule has 6 rings (SSSR count). The summed E-state index contributed by atoms with van der Waals surface area (Å²) in [5, 5.41) is 4.14. The topological polar surface area (TPSA) is 57.7 Å². The fourth-order valence-electron chi connectivity index (χ4n) is 6.08. The number of nitrogens with one attached hydrogen (secondary N) is 1. The number of carbonyl (C=O) groups is 1. The molecule has 1 aromatic heterocycles. The molecule has 5 aromatic rings. The second-order valence-corrected chi connectivity index (χ2v) is 14.3. The molecule has 0 unspecified atom stereocenters. The van der Waals surface area contributed by atoms with Crippen LogP contribution in [0.2, 0.25) is 0 Å². The lowest BCUT2D eigenvalue weighted by molar-refractivity contribution is 0.0952. The Labute approximate surface area is 288 Å². The van der Waals surface area contributed by atoms with Gasteiger partial charge in [0.05, 0.1) is 18.5 Å². The first kappa shape index (κ1) is 33.3. The zero-order valence-electron chi connectivity index (χ0n) is 28.2. The van der Waals surface area contributed by atoms with Crippen molar-refractivity contribution in [3.63, 3.8) is 0 Å². The Hall–Kier alpha value is -4.59. The molecule has 246 valence electrons. The molecule has 4 aromatic carbocycles. The maximum Gasteiger partial charge on any atom is 0.258 e. The number of aromatic nitrogens is 1. The molecule has 1 aliphatic heterocycles. The number of rotatable bonds is 12. The van der Waals surface area contributed by atoms with Crippen molar-refractivity contribution in [2.24, 2.45) is 0 Å². The second kappa shape index (κ2) is 16.0. The number of ether oxygens (including phenoxy) is 1. The molecule has 0 radical (unpaired) electrons. The zero-order valence-corrected chi connectivity index (χ0v) is 29.0. The molecule has 1 amide bonds. The molecule has 0 aliphatic carbocycles. The Kier molecular flexibility index (Phi) is 11.1. The van der Waals surface area contributed by atoms with Gasteiger partial charge in [0.15, 0.2) is 9.79 Å². The van der Waals surface area contributed by atoms with E-state index in [2.05, 4.69) is 102 Å². The summed E-state index contributed by atoms with van der Waals surface area (Å²) in [6.07, 6.45) is 2.01. The molecule has 7 heteroatoms. The molecule has 0 bridgehead atoms. The Morgan fingerprint density at radius 3 is 2.04 bits per heavy atom. The molecule has 0 spiro atoms. The maximum absolute atomic E-state index is 12.9. The summed E-state index contributed by atoms with van der Waals surface area (Å²) in [7, 11) is 1.40. The van der Waals surface area contributed by atoms with Crippen LogP contribution in [0.5, 0.6) is 5.75 Å². The summed E-state index contributed by atoms with van der Waals surface area (Å²) in [6, 6.07) is 39.8. The number of carbonyl (C=O) groups excluding carboxylic acids is 1. The van der Waals surface area contributed by atoms with Crippen molar-refractivity contribution in [3.05, 3.63) is 132 Å². The Morgan fingerprint density at radius 1 is 0.750 bits per heavy atom. The number of para-hydroxylation sites is 2. The monoisotopic (exact) mass is 657 g/mol. The normalized spacial score (nSPS) is 13.5. The number of pyridine rings is 1. The lowest BCUT2D eigenvalue weighted by atomic mass is 10.1. The first-order valence-electron chi connectivity index (χ1n) is 16.8. The molecule has 1 fully saturated rings. The van der Waals surface area contributed by atoms with Gasteiger partial charge in [0.25, 0.3) is 10.9 Å². The van der Waals surface area contributed by atoms with Crippen molar-refractivity contribution in [2.75, 3.05) is 51.3 Å². The summed E-state index contributed by atoms with van der Waals surface area (Å²) in [4.78, 5) is 25.5.